The van der Waals surface area contributed by atoms with Crippen molar-refractivity contribution in [2.75, 3.05) is 11.9 Å². The van der Waals surface area contributed by atoms with E-state index < -0.39 is 0 Å². The Balaban J connectivity index is 2.04. The Bertz CT molecular complexity index is 526. The zero-order valence-electron chi connectivity index (χ0n) is 10.6. The van der Waals surface area contributed by atoms with Crippen molar-refractivity contribution in [3.05, 3.63) is 23.6 Å². The predicted octanol–water partition coefficient (Wildman–Crippen LogP) is 1.49. The number of nitrogens with zero attached hydrogens (tertiary/aromatic N) is 4. The van der Waals surface area contributed by atoms with Crippen LogP contribution in [0.15, 0.2) is 10.6 Å². The second-order valence-corrected chi connectivity index (χ2v) is 3.66. The highest BCUT2D eigenvalue weighted by Gasteiger charge is 2.05. The van der Waals surface area contributed by atoms with Gasteiger partial charge in [-0.1, -0.05) is 5.16 Å². The molecule has 2 rings (SSSR count). The van der Waals surface area contributed by atoms with E-state index in [1.165, 1.54) is 0 Å². The third-order valence-electron chi connectivity index (χ3n) is 2.10. The molecule has 0 spiro atoms. The maximum Gasteiger partial charge on any atom is 0.245 e. The van der Waals surface area contributed by atoms with Crippen molar-refractivity contribution in [1.29, 1.82) is 0 Å². The Labute approximate surface area is 105 Å². The second-order valence-electron chi connectivity index (χ2n) is 3.66. The number of hydrogen-bond acceptors (Lipinski definition) is 7. The molecule has 2 heterocycles. The number of aromatic nitrogens is 4. The molecule has 7 heteroatoms. The maximum atomic E-state index is 5.34. The van der Waals surface area contributed by atoms with Crippen LogP contribution in [0.5, 0.6) is 5.88 Å². The third-order valence-corrected chi connectivity index (χ3v) is 2.10. The molecule has 96 valence electrons. The fraction of sp³-hybridized carbons (Fsp3) is 0.455. The highest BCUT2D eigenvalue weighted by molar-refractivity contribution is 5.38. The van der Waals surface area contributed by atoms with Crippen LogP contribution >= 0.6 is 0 Å². The minimum Gasteiger partial charge on any atom is -0.478 e. The van der Waals surface area contributed by atoms with Gasteiger partial charge in [-0.25, -0.2) is 4.98 Å². The average molecular weight is 249 g/mol. The van der Waals surface area contributed by atoms with E-state index in [4.69, 9.17) is 9.26 Å². The number of anilines is 1. The summed E-state index contributed by atoms with van der Waals surface area (Å²) in [5.74, 6) is 2.99. The van der Waals surface area contributed by atoms with Crippen molar-refractivity contribution in [1.82, 2.24) is 20.1 Å². The second kappa shape index (κ2) is 5.44. The molecule has 0 aliphatic rings. The van der Waals surface area contributed by atoms with Gasteiger partial charge in [-0.2, -0.15) is 9.97 Å². The fourth-order valence-corrected chi connectivity index (χ4v) is 1.43. The van der Waals surface area contributed by atoms with E-state index in [9.17, 15) is 0 Å². The summed E-state index contributed by atoms with van der Waals surface area (Å²) >= 11 is 0. The summed E-state index contributed by atoms with van der Waals surface area (Å²) in [6.45, 7) is 6.48. The summed E-state index contributed by atoms with van der Waals surface area (Å²) in [6.07, 6.45) is 0. The van der Waals surface area contributed by atoms with Crippen molar-refractivity contribution in [2.45, 2.75) is 27.3 Å². The molecular formula is C11H15N5O2. The van der Waals surface area contributed by atoms with Crippen LogP contribution in [0, 0.1) is 13.8 Å². The lowest BCUT2D eigenvalue weighted by Crippen LogP contribution is -2.05. The van der Waals surface area contributed by atoms with Gasteiger partial charge in [-0.15, -0.1) is 0 Å². The van der Waals surface area contributed by atoms with Crippen molar-refractivity contribution in [3.63, 3.8) is 0 Å². The molecule has 0 bridgehead atoms. The molecule has 2 aromatic rings. The number of nitrogens with one attached hydrogen (secondary N) is 1. The lowest BCUT2D eigenvalue weighted by atomic mass is 10.5. The Morgan fingerprint density at radius 1 is 1.22 bits per heavy atom. The van der Waals surface area contributed by atoms with Crippen LogP contribution < -0.4 is 10.1 Å². The van der Waals surface area contributed by atoms with Gasteiger partial charge in [-0.3, -0.25) is 0 Å². The van der Waals surface area contributed by atoms with Gasteiger partial charge in [0.1, 0.15) is 11.6 Å². The average Bonchev–Trinajstić information content (AvgIpc) is 2.72. The van der Waals surface area contributed by atoms with Gasteiger partial charge in [0.15, 0.2) is 5.82 Å². The summed E-state index contributed by atoms with van der Waals surface area (Å²) in [6, 6.07) is 1.74. The molecule has 0 saturated heterocycles. The minimum absolute atomic E-state index is 0.420. The molecule has 0 aromatic carbocycles. The molecule has 0 aliphatic heterocycles. The van der Waals surface area contributed by atoms with E-state index in [0.29, 0.717) is 42.4 Å². The topological polar surface area (TPSA) is 86.0 Å². The van der Waals surface area contributed by atoms with Crippen LogP contribution in [0.3, 0.4) is 0 Å². The third kappa shape index (κ3) is 3.16. The van der Waals surface area contributed by atoms with Crippen LogP contribution in [-0.2, 0) is 6.54 Å². The largest absolute Gasteiger partial charge is 0.478 e. The number of aryl methyl sites for hydroxylation is 2. The van der Waals surface area contributed by atoms with Gasteiger partial charge in [0.05, 0.1) is 13.2 Å². The van der Waals surface area contributed by atoms with Crippen LogP contribution in [-0.4, -0.2) is 26.7 Å². The van der Waals surface area contributed by atoms with Crippen molar-refractivity contribution in [3.8, 4) is 5.88 Å². The standard InChI is InChI=1S/C11H15N5O2/c1-4-17-10-5-9(13-7(2)14-10)12-6-11-15-8(3)16-18-11/h5H,4,6H2,1-3H3,(H,12,13,14). The Kier molecular flexibility index (Phi) is 3.71. The van der Waals surface area contributed by atoms with Gasteiger partial charge in [0.25, 0.3) is 0 Å². The summed E-state index contributed by atoms with van der Waals surface area (Å²) in [5, 5.41) is 6.80. The molecule has 18 heavy (non-hydrogen) atoms. The van der Waals surface area contributed by atoms with Crippen molar-refractivity contribution in [2.24, 2.45) is 0 Å². The Hall–Kier alpha value is -2.18. The van der Waals surface area contributed by atoms with E-state index in [-0.39, 0.29) is 0 Å². The molecule has 0 aliphatic carbocycles. The molecule has 0 atom stereocenters. The summed E-state index contributed by atoms with van der Waals surface area (Å²) in [4.78, 5) is 12.5. The highest BCUT2D eigenvalue weighted by atomic mass is 16.5. The summed E-state index contributed by atoms with van der Waals surface area (Å²) < 4.78 is 10.3. The fourth-order valence-electron chi connectivity index (χ4n) is 1.43. The quantitative estimate of drug-likeness (QED) is 0.858. The monoisotopic (exact) mass is 249 g/mol. The molecule has 0 radical (unpaired) electrons. The Morgan fingerprint density at radius 3 is 2.72 bits per heavy atom. The Morgan fingerprint density at radius 2 is 2.06 bits per heavy atom. The van der Waals surface area contributed by atoms with E-state index in [1.54, 1.807) is 13.0 Å². The van der Waals surface area contributed by atoms with Crippen molar-refractivity contribution >= 4 is 5.82 Å². The van der Waals surface area contributed by atoms with Gasteiger partial charge < -0.3 is 14.6 Å². The molecule has 2 aromatic heterocycles. The molecular weight excluding hydrogens is 234 g/mol. The molecule has 0 amide bonds. The normalized spacial score (nSPS) is 10.4. The lowest BCUT2D eigenvalue weighted by Gasteiger charge is -2.07. The van der Waals surface area contributed by atoms with E-state index in [0.717, 1.165) is 0 Å². The number of ether oxygens (including phenoxy) is 1. The van der Waals surface area contributed by atoms with Crippen LogP contribution in [0.2, 0.25) is 0 Å². The zero-order valence-corrected chi connectivity index (χ0v) is 10.6. The molecule has 7 nitrogen and oxygen atoms in total. The highest BCUT2D eigenvalue weighted by Crippen LogP contribution is 2.13. The smallest absolute Gasteiger partial charge is 0.245 e. The molecule has 0 saturated carbocycles. The number of rotatable bonds is 5. The van der Waals surface area contributed by atoms with Gasteiger partial charge in [0.2, 0.25) is 11.8 Å². The molecule has 1 N–H and O–H groups in total. The first kappa shape index (κ1) is 12.3. The van der Waals surface area contributed by atoms with Crippen molar-refractivity contribution < 1.29 is 9.26 Å². The maximum absolute atomic E-state index is 5.34. The first-order chi connectivity index (χ1) is 8.67. The summed E-state index contributed by atoms with van der Waals surface area (Å²) in [5.41, 5.74) is 0. The van der Waals surface area contributed by atoms with Crippen LogP contribution in [0.1, 0.15) is 24.5 Å². The van der Waals surface area contributed by atoms with E-state index in [1.807, 2.05) is 13.8 Å². The number of hydrogen-bond donors (Lipinski definition) is 1. The first-order valence-corrected chi connectivity index (χ1v) is 5.69. The zero-order chi connectivity index (χ0) is 13.0. The summed E-state index contributed by atoms with van der Waals surface area (Å²) in [7, 11) is 0. The first-order valence-electron chi connectivity index (χ1n) is 5.69. The molecule has 0 fully saturated rings. The van der Waals surface area contributed by atoms with Gasteiger partial charge >= 0.3 is 0 Å². The van der Waals surface area contributed by atoms with Gasteiger partial charge in [-0.05, 0) is 20.8 Å². The lowest BCUT2D eigenvalue weighted by molar-refractivity contribution is 0.325. The minimum atomic E-state index is 0.420. The predicted molar refractivity (Wildman–Crippen MR) is 64.3 cm³/mol. The molecule has 0 unspecified atom stereocenters. The van der Waals surface area contributed by atoms with Gasteiger partial charge in [0, 0.05) is 6.07 Å². The van der Waals surface area contributed by atoms with Crippen LogP contribution in [0.25, 0.3) is 0 Å². The SMILES string of the molecule is CCOc1cc(NCc2nc(C)no2)nc(C)n1. The van der Waals surface area contributed by atoms with E-state index in [2.05, 4.69) is 25.4 Å². The van der Waals surface area contributed by atoms with Crippen LogP contribution in [0.4, 0.5) is 5.82 Å². The van der Waals surface area contributed by atoms with E-state index >= 15 is 0 Å².